The number of hydrogen-bond acceptors (Lipinski definition) is 3. The van der Waals surface area contributed by atoms with Crippen molar-refractivity contribution in [3.8, 4) is 0 Å². The van der Waals surface area contributed by atoms with Gasteiger partial charge in [-0.3, -0.25) is 9.59 Å². The molecule has 0 spiro atoms. The van der Waals surface area contributed by atoms with Crippen molar-refractivity contribution in [1.29, 1.82) is 0 Å². The molecule has 0 fully saturated rings. The molecule has 0 aromatic rings. The number of nitrogens with two attached hydrogens (primary N) is 2. The number of carbonyl (C=O) groups excluding carboxylic acids is 2. The molecule has 100 valence electrons. The fraction of sp³-hybridized carbons (Fsp3) is 0.833. The maximum atomic E-state index is 12.1. The molecule has 0 aliphatic carbocycles. The molecule has 17 heavy (non-hydrogen) atoms. The summed E-state index contributed by atoms with van der Waals surface area (Å²) < 4.78 is 0. The highest BCUT2D eigenvalue weighted by molar-refractivity contribution is 5.86. The molecule has 0 saturated heterocycles. The van der Waals surface area contributed by atoms with Crippen LogP contribution in [-0.2, 0) is 9.59 Å². The molecule has 0 bridgehead atoms. The van der Waals surface area contributed by atoms with Crippen LogP contribution in [0.15, 0.2) is 0 Å². The Morgan fingerprint density at radius 2 is 1.88 bits per heavy atom. The number of amides is 2. The second-order valence-electron chi connectivity index (χ2n) is 4.49. The SMILES string of the molecule is CCCCN(CC(N)=O)C(=O)[C@@H](N)C(C)CC. The van der Waals surface area contributed by atoms with Crippen LogP contribution in [0.2, 0.25) is 0 Å². The summed E-state index contributed by atoms with van der Waals surface area (Å²) >= 11 is 0. The van der Waals surface area contributed by atoms with Crippen molar-refractivity contribution in [2.75, 3.05) is 13.1 Å². The minimum Gasteiger partial charge on any atom is -0.368 e. The normalized spacial score (nSPS) is 14.1. The molecule has 1 unspecified atom stereocenters. The van der Waals surface area contributed by atoms with E-state index in [9.17, 15) is 9.59 Å². The highest BCUT2D eigenvalue weighted by Gasteiger charge is 2.25. The van der Waals surface area contributed by atoms with E-state index in [1.165, 1.54) is 4.90 Å². The molecule has 0 aromatic carbocycles. The zero-order valence-electron chi connectivity index (χ0n) is 11.1. The van der Waals surface area contributed by atoms with E-state index in [1.807, 2.05) is 20.8 Å². The molecular weight excluding hydrogens is 218 g/mol. The van der Waals surface area contributed by atoms with E-state index in [2.05, 4.69) is 0 Å². The molecule has 5 heteroatoms. The van der Waals surface area contributed by atoms with Crippen molar-refractivity contribution in [3.05, 3.63) is 0 Å². The second kappa shape index (κ2) is 8.06. The third-order valence-electron chi connectivity index (χ3n) is 2.98. The summed E-state index contributed by atoms with van der Waals surface area (Å²) in [5, 5.41) is 0. The van der Waals surface area contributed by atoms with Crippen molar-refractivity contribution < 1.29 is 9.59 Å². The van der Waals surface area contributed by atoms with Crippen LogP contribution in [-0.4, -0.2) is 35.8 Å². The molecule has 2 atom stereocenters. The van der Waals surface area contributed by atoms with Crippen LogP contribution >= 0.6 is 0 Å². The Morgan fingerprint density at radius 3 is 2.29 bits per heavy atom. The fourth-order valence-corrected chi connectivity index (χ4v) is 1.51. The van der Waals surface area contributed by atoms with Gasteiger partial charge in [0, 0.05) is 6.54 Å². The highest BCUT2D eigenvalue weighted by Crippen LogP contribution is 2.09. The van der Waals surface area contributed by atoms with Gasteiger partial charge in [0.2, 0.25) is 11.8 Å². The van der Waals surface area contributed by atoms with Crippen LogP contribution in [0, 0.1) is 5.92 Å². The van der Waals surface area contributed by atoms with Crippen molar-refractivity contribution in [2.24, 2.45) is 17.4 Å². The van der Waals surface area contributed by atoms with Gasteiger partial charge in [0.05, 0.1) is 12.6 Å². The summed E-state index contributed by atoms with van der Waals surface area (Å²) in [6.45, 7) is 6.46. The molecule has 4 N–H and O–H groups in total. The second-order valence-corrected chi connectivity index (χ2v) is 4.49. The summed E-state index contributed by atoms with van der Waals surface area (Å²) in [6.07, 6.45) is 2.65. The largest absolute Gasteiger partial charge is 0.368 e. The minimum atomic E-state index is -0.545. The fourth-order valence-electron chi connectivity index (χ4n) is 1.51. The number of carbonyl (C=O) groups is 2. The van der Waals surface area contributed by atoms with E-state index in [-0.39, 0.29) is 18.4 Å². The lowest BCUT2D eigenvalue weighted by Crippen LogP contribution is -2.49. The summed E-state index contributed by atoms with van der Waals surface area (Å²) in [6, 6.07) is -0.545. The van der Waals surface area contributed by atoms with Crippen molar-refractivity contribution in [3.63, 3.8) is 0 Å². The Balaban J connectivity index is 4.54. The Morgan fingerprint density at radius 1 is 1.29 bits per heavy atom. The van der Waals surface area contributed by atoms with Gasteiger partial charge in [0.15, 0.2) is 0 Å². The molecule has 0 radical (unpaired) electrons. The summed E-state index contributed by atoms with van der Waals surface area (Å²) in [5.74, 6) is -0.558. The van der Waals surface area contributed by atoms with E-state index in [4.69, 9.17) is 11.5 Å². The molecule has 0 saturated carbocycles. The number of rotatable bonds is 8. The van der Waals surface area contributed by atoms with Crippen LogP contribution in [0.1, 0.15) is 40.0 Å². The first kappa shape index (κ1) is 15.9. The third kappa shape index (κ3) is 5.68. The predicted octanol–water partition coefficient (Wildman–Crippen LogP) is 0.474. The smallest absolute Gasteiger partial charge is 0.240 e. The van der Waals surface area contributed by atoms with Gasteiger partial charge in [0.25, 0.3) is 0 Å². The van der Waals surface area contributed by atoms with Gasteiger partial charge in [-0.1, -0.05) is 33.6 Å². The first-order chi connectivity index (χ1) is 7.93. The summed E-state index contributed by atoms with van der Waals surface area (Å²) in [4.78, 5) is 24.5. The van der Waals surface area contributed by atoms with E-state index in [0.29, 0.717) is 6.54 Å². The summed E-state index contributed by atoms with van der Waals surface area (Å²) in [7, 11) is 0. The highest BCUT2D eigenvalue weighted by atomic mass is 16.2. The Labute approximate surface area is 104 Å². The lowest BCUT2D eigenvalue weighted by atomic mass is 9.99. The van der Waals surface area contributed by atoms with Crippen LogP contribution in [0.25, 0.3) is 0 Å². The monoisotopic (exact) mass is 243 g/mol. The minimum absolute atomic E-state index is 0.0387. The molecule has 0 aromatic heterocycles. The number of unbranched alkanes of at least 4 members (excludes halogenated alkanes) is 1. The quantitative estimate of drug-likeness (QED) is 0.649. The molecule has 0 heterocycles. The Hall–Kier alpha value is -1.10. The first-order valence-corrected chi connectivity index (χ1v) is 6.26. The van der Waals surface area contributed by atoms with E-state index in [1.54, 1.807) is 0 Å². The molecule has 0 aliphatic rings. The van der Waals surface area contributed by atoms with Crippen LogP contribution in [0.4, 0.5) is 0 Å². The van der Waals surface area contributed by atoms with Crippen LogP contribution in [0.3, 0.4) is 0 Å². The van der Waals surface area contributed by atoms with Gasteiger partial charge >= 0.3 is 0 Å². The van der Waals surface area contributed by atoms with Crippen molar-refractivity contribution in [1.82, 2.24) is 4.90 Å². The van der Waals surface area contributed by atoms with Gasteiger partial charge in [-0.25, -0.2) is 0 Å². The van der Waals surface area contributed by atoms with Crippen LogP contribution < -0.4 is 11.5 Å². The maximum absolute atomic E-state index is 12.1. The van der Waals surface area contributed by atoms with E-state index < -0.39 is 11.9 Å². The van der Waals surface area contributed by atoms with Gasteiger partial charge in [-0.2, -0.15) is 0 Å². The molecule has 5 nitrogen and oxygen atoms in total. The molecular formula is C12H25N3O2. The standard InChI is InChI=1S/C12H25N3O2/c1-4-6-7-15(8-10(13)16)12(17)11(14)9(3)5-2/h9,11H,4-8,14H2,1-3H3,(H2,13,16)/t9?,11-/m0/s1. The zero-order chi connectivity index (χ0) is 13.4. The number of primary amides is 1. The van der Waals surface area contributed by atoms with E-state index in [0.717, 1.165) is 19.3 Å². The summed E-state index contributed by atoms with van der Waals surface area (Å²) in [5.41, 5.74) is 11.0. The predicted molar refractivity (Wildman–Crippen MR) is 68.1 cm³/mol. The van der Waals surface area contributed by atoms with Crippen molar-refractivity contribution >= 4 is 11.8 Å². The third-order valence-corrected chi connectivity index (χ3v) is 2.98. The van der Waals surface area contributed by atoms with Gasteiger partial charge in [-0.15, -0.1) is 0 Å². The molecule has 2 amide bonds. The topological polar surface area (TPSA) is 89.4 Å². The Bertz CT molecular complexity index is 256. The maximum Gasteiger partial charge on any atom is 0.240 e. The van der Waals surface area contributed by atoms with Gasteiger partial charge in [-0.05, 0) is 12.3 Å². The van der Waals surface area contributed by atoms with Crippen LogP contribution in [0.5, 0.6) is 0 Å². The Kier molecular flexibility index (Phi) is 7.54. The molecule has 0 aliphatic heterocycles. The lowest BCUT2D eigenvalue weighted by molar-refractivity contribution is -0.137. The number of hydrogen-bond donors (Lipinski definition) is 2. The molecule has 0 rings (SSSR count). The zero-order valence-corrected chi connectivity index (χ0v) is 11.1. The average Bonchev–Trinajstić information content (AvgIpc) is 2.31. The van der Waals surface area contributed by atoms with Gasteiger partial charge in [0.1, 0.15) is 0 Å². The average molecular weight is 243 g/mol. The van der Waals surface area contributed by atoms with Gasteiger partial charge < -0.3 is 16.4 Å². The van der Waals surface area contributed by atoms with Crippen molar-refractivity contribution in [2.45, 2.75) is 46.1 Å². The first-order valence-electron chi connectivity index (χ1n) is 6.26. The van der Waals surface area contributed by atoms with E-state index >= 15 is 0 Å². The lowest BCUT2D eigenvalue weighted by Gasteiger charge is -2.27. The number of nitrogens with zero attached hydrogens (tertiary/aromatic N) is 1.